The highest BCUT2D eigenvalue weighted by Gasteiger charge is 2.25. The maximum absolute atomic E-state index is 15.6. The van der Waals surface area contributed by atoms with Gasteiger partial charge >= 0.3 is 5.97 Å². The molecule has 2 N–H and O–H groups in total. The van der Waals surface area contributed by atoms with Gasteiger partial charge in [-0.2, -0.15) is 0 Å². The molecule has 0 fully saturated rings. The number of hydrogen-bond donors (Lipinski definition) is 2. The fourth-order valence-electron chi connectivity index (χ4n) is 3.77. The van der Waals surface area contributed by atoms with Crippen LogP contribution in [-0.4, -0.2) is 28.6 Å². The first kappa shape index (κ1) is 29.8. The van der Waals surface area contributed by atoms with E-state index >= 15 is 4.39 Å². The summed E-state index contributed by atoms with van der Waals surface area (Å²) in [5.74, 6) is -2.03. The predicted molar refractivity (Wildman–Crippen MR) is 152 cm³/mol. The van der Waals surface area contributed by atoms with Crippen LogP contribution in [0.4, 0.5) is 9.52 Å². The number of anilines is 1. The van der Waals surface area contributed by atoms with Crippen molar-refractivity contribution >= 4 is 57.6 Å². The molecule has 6 nitrogen and oxygen atoms in total. The maximum atomic E-state index is 15.6. The topological polar surface area (TPSA) is 88.5 Å². The highest BCUT2D eigenvalue weighted by Crippen LogP contribution is 2.37. The first-order valence-electron chi connectivity index (χ1n) is 11.9. The molecule has 0 saturated heterocycles. The second-order valence-electron chi connectivity index (χ2n) is 9.90. The molecule has 1 amide bonds. The van der Waals surface area contributed by atoms with Crippen LogP contribution in [-0.2, 0) is 9.53 Å². The van der Waals surface area contributed by atoms with Gasteiger partial charge in [0.15, 0.2) is 5.13 Å². The van der Waals surface area contributed by atoms with Gasteiger partial charge in [0, 0.05) is 39.8 Å². The fourth-order valence-corrected chi connectivity index (χ4v) is 5.07. The quantitative estimate of drug-likeness (QED) is 0.248. The minimum Gasteiger partial charge on any atom is -0.478 e. The first-order chi connectivity index (χ1) is 17.8. The number of nitrogens with one attached hydrogen (secondary N) is 1. The van der Waals surface area contributed by atoms with E-state index in [1.54, 1.807) is 23.6 Å². The lowest BCUT2D eigenvalue weighted by atomic mass is 9.86. The average Bonchev–Trinajstić information content (AvgIpc) is 3.28. The SMILES string of the molecule is CCOC(CC(C)(C)C)c1cccc(-c2csc(NC(=O)c3cc(Cl)c(/C=C(\C)C(=O)O)c(Cl)c3)n2)c1F. The summed E-state index contributed by atoms with van der Waals surface area (Å²) in [5.41, 5.74) is 1.61. The summed E-state index contributed by atoms with van der Waals surface area (Å²) in [6.07, 6.45) is 1.58. The van der Waals surface area contributed by atoms with Crippen LogP contribution in [0.15, 0.2) is 41.3 Å². The van der Waals surface area contributed by atoms with E-state index in [0.29, 0.717) is 35.4 Å². The highest BCUT2D eigenvalue weighted by atomic mass is 35.5. The third-order valence-corrected chi connectivity index (χ3v) is 6.96. The van der Waals surface area contributed by atoms with Crippen molar-refractivity contribution in [1.29, 1.82) is 0 Å². The smallest absolute Gasteiger partial charge is 0.331 e. The number of rotatable bonds is 9. The molecule has 1 aromatic heterocycles. The van der Waals surface area contributed by atoms with Crippen LogP contribution in [0.2, 0.25) is 10.0 Å². The summed E-state index contributed by atoms with van der Waals surface area (Å²) in [5, 5.41) is 14.0. The molecule has 10 heteroatoms. The van der Waals surface area contributed by atoms with Crippen molar-refractivity contribution in [3.63, 3.8) is 0 Å². The molecule has 1 heterocycles. The standard InChI is InChI=1S/C28H29Cl2FN2O4S/c1-6-37-23(13-28(3,4)5)18-9-7-8-17(24(18)31)22-14-38-27(32-22)33-25(34)16-11-20(29)19(21(30)12-16)10-15(2)26(35)36/h7-12,14,23H,6,13H2,1-5H3,(H,35,36)(H,32,33,34)/b15-10+. The average molecular weight is 580 g/mol. The number of carbonyl (C=O) groups is 2. The van der Waals surface area contributed by atoms with E-state index in [9.17, 15) is 9.59 Å². The molecule has 202 valence electrons. The summed E-state index contributed by atoms with van der Waals surface area (Å²) in [6.45, 7) is 10.00. The third kappa shape index (κ3) is 7.41. The summed E-state index contributed by atoms with van der Waals surface area (Å²) in [7, 11) is 0. The van der Waals surface area contributed by atoms with E-state index in [4.69, 9.17) is 33.0 Å². The van der Waals surface area contributed by atoms with Crippen LogP contribution in [0.25, 0.3) is 17.3 Å². The first-order valence-corrected chi connectivity index (χ1v) is 13.5. The molecule has 1 unspecified atom stereocenters. The molecule has 0 spiro atoms. The molecule has 0 aliphatic heterocycles. The number of carboxylic acids is 1. The molecule has 2 aromatic carbocycles. The van der Waals surface area contributed by atoms with Crippen LogP contribution in [0.1, 0.15) is 68.6 Å². The number of carbonyl (C=O) groups excluding carboxylic acids is 1. The zero-order chi connectivity index (χ0) is 28.2. The third-order valence-electron chi connectivity index (χ3n) is 5.58. The Kier molecular flexibility index (Phi) is 9.70. The van der Waals surface area contributed by atoms with E-state index in [1.807, 2.05) is 6.92 Å². The number of aliphatic carboxylic acids is 1. The molecule has 0 aliphatic carbocycles. The van der Waals surface area contributed by atoms with Gasteiger partial charge in [0.2, 0.25) is 0 Å². The van der Waals surface area contributed by atoms with E-state index in [-0.39, 0.29) is 31.7 Å². The Morgan fingerprint density at radius 2 is 1.89 bits per heavy atom. The van der Waals surface area contributed by atoms with Gasteiger partial charge in [-0.1, -0.05) is 56.1 Å². The van der Waals surface area contributed by atoms with E-state index in [2.05, 4.69) is 31.1 Å². The highest BCUT2D eigenvalue weighted by molar-refractivity contribution is 7.14. The van der Waals surface area contributed by atoms with Gasteiger partial charge in [-0.3, -0.25) is 10.1 Å². The van der Waals surface area contributed by atoms with Crippen molar-refractivity contribution in [2.45, 2.75) is 47.1 Å². The number of nitrogens with zero attached hydrogens (tertiary/aromatic N) is 1. The predicted octanol–water partition coefficient (Wildman–Crippen LogP) is 8.51. The zero-order valence-electron chi connectivity index (χ0n) is 21.7. The summed E-state index contributed by atoms with van der Waals surface area (Å²) >= 11 is 13.7. The maximum Gasteiger partial charge on any atom is 0.331 e. The number of amides is 1. The van der Waals surface area contributed by atoms with Gasteiger partial charge < -0.3 is 9.84 Å². The van der Waals surface area contributed by atoms with E-state index < -0.39 is 23.8 Å². The molecule has 38 heavy (non-hydrogen) atoms. The number of carboxylic acid groups (broad SMARTS) is 1. The second-order valence-corrected chi connectivity index (χ2v) is 11.6. The Labute approximate surface area is 235 Å². The van der Waals surface area contributed by atoms with Crippen molar-refractivity contribution in [2.24, 2.45) is 5.41 Å². The monoisotopic (exact) mass is 578 g/mol. The molecule has 0 aliphatic rings. The molecule has 3 rings (SSSR count). The number of ether oxygens (including phenoxy) is 1. The van der Waals surface area contributed by atoms with Crippen molar-refractivity contribution in [1.82, 2.24) is 4.98 Å². The van der Waals surface area contributed by atoms with Crippen molar-refractivity contribution in [3.05, 3.63) is 73.8 Å². The molecular formula is C28H29Cl2FN2O4S. The Morgan fingerprint density at radius 1 is 1.24 bits per heavy atom. The minimum absolute atomic E-state index is 0.0450. The van der Waals surface area contributed by atoms with Gasteiger partial charge in [0.05, 0.1) is 21.8 Å². The Balaban J connectivity index is 1.84. The number of halogens is 3. The van der Waals surface area contributed by atoms with E-state index in [1.165, 1.54) is 25.1 Å². The molecular weight excluding hydrogens is 550 g/mol. The number of benzene rings is 2. The van der Waals surface area contributed by atoms with Crippen LogP contribution in [0.5, 0.6) is 0 Å². The number of thiazole rings is 1. The lowest BCUT2D eigenvalue weighted by molar-refractivity contribution is -0.132. The van der Waals surface area contributed by atoms with Gasteiger partial charge in [0.25, 0.3) is 5.91 Å². The molecule has 1 atom stereocenters. The summed E-state index contributed by atoms with van der Waals surface area (Å²) in [4.78, 5) is 28.4. The lowest BCUT2D eigenvalue weighted by Gasteiger charge is -2.26. The van der Waals surface area contributed by atoms with Crippen molar-refractivity contribution < 1.29 is 23.8 Å². The zero-order valence-corrected chi connectivity index (χ0v) is 24.0. The number of hydrogen-bond acceptors (Lipinski definition) is 5. The lowest BCUT2D eigenvalue weighted by Crippen LogP contribution is -2.16. The Hall–Kier alpha value is -2.78. The van der Waals surface area contributed by atoms with Gasteiger partial charge in [0.1, 0.15) is 5.82 Å². The van der Waals surface area contributed by atoms with Gasteiger partial charge in [-0.25, -0.2) is 14.2 Å². The van der Waals surface area contributed by atoms with Gasteiger partial charge in [-0.15, -0.1) is 11.3 Å². The molecule has 3 aromatic rings. The van der Waals surface area contributed by atoms with Crippen LogP contribution in [0.3, 0.4) is 0 Å². The van der Waals surface area contributed by atoms with Crippen LogP contribution < -0.4 is 5.32 Å². The Bertz CT molecular complexity index is 1360. The van der Waals surface area contributed by atoms with Crippen molar-refractivity contribution in [2.75, 3.05) is 11.9 Å². The molecule has 0 saturated carbocycles. The van der Waals surface area contributed by atoms with Crippen molar-refractivity contribution in [3.8, 4) is 11.3 Å². The van der Waals surface area contributed by atoms with E-state index in [0.717, 1.165) is 11.3 Å². The Morgan fingerprint density at radius 3 is 2.47 bits per heavy atom. The van der Waals surface area contributed by atoms with Crippen LogP contribution >= 0.6 is 34.5 Å². The molecule has 0 bridgehead atoms. The summed E-state index contributed by atoms with van der Waals surface area (Å²) in [6, 6.07) is 7.93. The molecule has 0 radical (unpaired) electrons. The number of aromatic nitrogens is 1. The summed E-state index contributed by atoms with van der Waals surface area (Å²) < 4.78 is 21.5. The second kappa shape index (κ2) is 12.4. The normalized spacial score (nSPS) is 12.9. The fraction of sp³-hybridized carbons (Fsp3) is 0.321. The van der Waals surface area contributed by atoms with Gasteiger partial charge in [-0.05, 0) is 50.0 Å². The largest absolute Gasteiger partial charge is 0.478 e. The minimum atomic E-state index is -1.11. The van der Waals surface area contributed by atoms with Crippen LogP contribution in [0, 0.1) is 11.2 Å².